The van der Waals surface area contributed by atoms with E-state index in [2.05, 4.69) is 10.6 Å². The number of nitro benzene ring substituents is 1. The Hall–Kier alpha value is -3.78. The number of halogens is 1. The predicted molar refractivity (Wildman–Crippen MR) is 115 cm³/mol. The monoisotopic (exact) mass is 427 g/mol. The largest absolute Gasteiger partial charge is 0.495 e. The van der Waals surface area contributed by atoms with Crippen LogP contribution in [0.25, 0.3) is 0 Å². The molecule has 0 saturated heterocycles. The second kappa shape index (κ2) is 9.15. The van der Waals surface area contributed by atoms with E-state index in [0.717, 1.165) is 0 Å². The molecule has 0 radical (unpaired) electrons. The fourth-order valence-corrected chi connectivity index (χ4v) is 3.00. The Labute approximate surface area is 177 Å². The van der Waals surface area contributed by atoms with E-state index in [4.69, 9.17) is 21.1 Å². The maximum Gasteiger partial charge on any atom is 0.293 e. The number of benzene rings is 3. The van der Waals surface area contributed by atoms with Crippen LogP contribution < -0.4 is 20.1 Å². The molecule has 0 aliphatic heterocycles. The van der Waals surface area contributed by atoms with Gasteiger partial charge in [-0.1, -0.05) is 29.8 Å². The zero-order valence-electron chi connectivity index (χ0n) is 16.1. The molecular formula is C21H18ClN3O5. The lowest BCUT2D eigenvalue weighted by Gasteiger charge is -2.13. The van der Waals surface area contributed by atoms with Gasteiger partial charge in [0, 0.05) is 23.4 Å². The van der Waals surface area contributed by atoms with Crippen molar-refractivity contribution in [3.8, 4) is 11.5 Å². The number of carbonyl (C=O) groups is 1. The average molecular weight is 428 g/mol. The number of rotatable bonds is 7. The van der Waals surface area contributed by atoms with Crippen molar-refractivity contribution in [3.63, 3.8) is 0 Å². The van der Waals surface area contributed by atoms with Crippen LogP contribution in [-0.2, 0) is 0 Å². The Balaban J connectivity index is 1.89. The highest BCUT2D eigenvalue weighted by Crippen LogP contribution is 2.36. The summed E-state index contributed by atoms with van der Waals surface area (Å²) in [5.74, 6) is 0.170. The first-order valence-electron chi connectivity index (χ1n) is 8.76. The highest BCUT2D eigenvalue weighted by atomic mass is 35.5. The molecule has 0 heterocycles. The molecule has 0 aliphatic rings. The number of anilines is 3. The van der Waals surface area contributed by atoms with Crippen molar-refractivity contribution in [2.75, 3.05) is 24.9 Å². The van der Waals surface area contributed by atoms with E-state index in [1.54, 1.807) is 12.1 Å². The van der Waals surface area contributed by atoms with Gasteiger partial charge in [0.05, 0.1) is 29.9 Å². The van der Waals surface area contributed by atoms with Crippen molar-refractivity contribution in [1.29, 1.82) is 0 Å². The number of hydrogen-bond acceptors (Lipinski definition) is 6. The molecule has 9 heteroatoms. The van der Waals surface area contributed by atoms with E-state index in [-0.39, 0.29) is 22.0 Å². The van der Waals surface area contributed by atoms with E-state index in [1.807, 2.05) is 18.2 Å². The molecule has 0 aliphatic carbocycles. The number of nitrogens with zero attached hydrogens (tertiary/aromatic N) is 1. The predicted octanol–water partition coefficient (Wildman–Crippen LogP) is 5.26. The van der Waals surface area contributed by atoms with Crippen LogP contribution in [0.2, 0.25) is 5.02 Å². The molecule has 0 atom stereocenters. The van der Waals surface area contributed by atoms with E-state index >= 15 is 0 Å². The van der Waals surface area contributed by atoms with Crippen molar-refractivity contribution in [2.45, 2.75) is 0 Å². The van der Waals surface area contributed by atoms with Crippen molar-refractivity contribution < 1.29 is 19.2 Å². The van der Waals surface area contributed by atoms with Crippen molar-refractivity contribution in [2.24, 2.45) is 0 Å². The number of nitrogens with one attached hydrogen (secondary N) is 2. The van der Waals surface area contributed by atoms with Crippen LogP contribution in [0.5, 0.6) is 11.5 Å². The molecule has 3 rings (SSSR count). The van der Waals surface area contributed by atoms with Gasteiger partial charge < -0.3 is 20.1 Å². The molecular weight excluding hydrogens is 410 g/mol. The summed E-state index contributed by atoms with van der Waals surface area (Å²) >= 11 is 6.12. The molecule has 0 spiro atoms. The molecule has 30 heavy (non-hydrogen) atoms. The Morgan fingerprint density at radius 3 is 2.30 bits per heavy atom. The number of amides is 1. The van der Waals surface area contributed by atoms with Crippen molar-refractivity contribution in [3.05, 3.63) is 81.4 Å². The lowest BCUT2D eigenvalue weighted by molar-refractivity contribution is -0.383. The highest BCUT2D eigenvalue weighted by molar-refractivity contribution is 6.32. The number of methoxy groups -OCH3 is 2. The molecule has 2 N–H and O–H groups in total. The summed E-state index contributed by atoms with van der Waals surface area (Å²) in [5.41, 5.74) is 1.14. The molecule has 3 aromatic carbocycles. The maximum absolute atomic E-state index is 12.7. The summed E-state index contributed by atoms with van der Waals surface area (Å²) < 4.78 is 10.4. The summed E-state index contributed by atoms with van der Waals surface area (Å²) in [5, 5.41) is 17.5. The number of para-hydroxylation sites is 1. The molecule has 8 nitrogen and oxygen atoms in total. The Bertz CT molecular complexity index is 1090. The lowest BCUT2D eigenvalue weighted by atomic mass is 10.1. The van der Waals surface area contributed by atoms with Crippen molar-refractivity contribution in [1.82, 2.24) is 0 Å². The number of ether oxygens (including phenoxy) is 2. The molecule has 0 saturated carbocycles. The summed E-state index contributed by atoms with van der Waals surface area (Å²) in [6.45, 7) is 0. The normalized spacial score (nSPS) is 10.2. The zero-order chi connectivity index (χ0) is 21.7. The molecule has 154 valence electrons. The third-order valence-corrected chi connectivity index (χ3v) is 4.53. The molecule has 1 amide bonds. The molecule has 3 aromatic rings. The van der Waals surface area contributed by atoms with Crippen LogP contribution >= 0.6 is 11.6 Å². The van der Waals surface area contributed by atoms with Gasteiger partial charge in [-0.25, -0.2) is 0 Å². The van der Waals surface area contributed by atoms with Crippen LogP contribution in [0.4, 0.5) is 22.7 Å². The first kappa shape index (κ1) is 20.9. The van der Waals surface area contributed by atoms with Crippen LogP contribution in [-0.4, -0.2) is 25.1 Å². The van der Waals surface area contributed by atoms with Gasteiger partial charge in [-0.3, -0.25) is 14.9 Å². The second-order valence-corrected chi connectivity index (χ2v) is 6.53. The van der Waals surface area contributed by atoms with E-state index in [9.17, 15) is 14.9 Å². The highest BCUT2D eigenvalue weighted by Gasteiger charge is 2.19. The Morgan fingerprint density at radius 1 is 0.967 bits per heavy atom. The van der Waals surface area contributed by atoms with Crippen LogP contribution in [0, 0.1) is 10.1 Å². The molecule has 0 fully saturated rings. The van der Waals surface area contributed by atoms with Gasteiger partial charge in [0.2, 0.25) is 0 Å². The number of nitro groups is 1. The molecule has 0 unspecified atom stereocenters. The topological polar surface area (TPSA) is 103 Å². The van der Waals surface area contributed by atoms with Gasteiger partial charge >= 0.3 is 0 Å². The number of carbonyl (C=O) groups excluding carboxylic acids is 1. The summed E-state index contributed by atoms with van der Waals surface area (Å²) in [7, 11) is 2.90. The second-order valence-electron chi connectivity index (χ2n) is 6.12. The zero-order valence-corrected chi connectivity index (χ0v) is 16.9. The van der Waals surface area contributed by atoms with Gasteiger partial charge in [-0.15, -0.1) is 0 Å². The fraction of sp³-hybridized carbons (Fsp3) is 0.0952. The maximum atomic E-state index is 12.7. The van der Waals surface area contributed by atoms with Gasteiger partial charge in [0.15, 0.2) is 0 Å². The smallest absolute Gasteiger partial charge is 0.293 e. The van der Waals surface area contributed by atoms with E-state index in [1.165, 1.54) is 44.6 Å². The minimum absolute atomic E-state index is 0.106. The van der Waals surface area contributed by atoms with E-state index < -0.39 is 10.8 Å². The standard InChI is InChI=1S/C21H18ClN3O5/c1-29-19-12-20(30-2)17(11-15(19)22)24-21(26)13-8-9-16(18(10-13)25(27)28)23-14-6-4-3-5-7-14/h3-12,23H,1-2H3,(H,24,26). The fourth-order valence-electron chi connectivity index (χ4n) is 2.76. The molecule has 0 aromatic heterocycles. The minimum Gasteiger partial charge on any atom is -0.495 e. The SMILES string of the molecule is COc1cc(OC)c(NC(=O)c2ccc(Nc3ccccc3)c([N+](=O)[O-])c2)cc1Cl. The van der Waals surface area contributed by atoms with E-state index in [0.29, 0.717) is 22.9 Å². The summed E-state index contributed by atoms with van der Waals surface area (Å²) in [6, 6.07) is 16.2. The van der Waals surface area contributed by atoms with Crippen molar-refractivity contribution >= 4 is 40.3 Å². The Kier molecular flexibility index (Phi) is 6.38. The third-order valence-electron chi connectivity index (χ3n) is 4.23. The average Bonchev–Trinajstić information content (AvgIpc) is 2.74. The first-order chi connectivity index (χ1) is 14.4. The summed E-state index contributed by atoms with van der Waals surface area (Å²) in [4.78, 5) is 23.7. The van der Waals surface area contributed by atoms with Gasteiger partial charge in [-0.2, -0.15) is 0 Å². The van der Waals surface area contributed by atoms with Gasteiger partial charge in [-0.05, 0) is 30.3 Å². The van der Waals surface area contributed by atoms with Crippen LogP contribution in [0.15, 0.2) is 60.7 Å². The van der Waals surface area contributed by atoms with Gasteiger partial charge in [0.25, 0.3) is 11.6 Å². The third kappa shape index (κ3) is 4.61. The quantitative estimate of drug-likeness (QED) is 0.393. The minimum atomic E-state index is -0.552. The number of hydrogen-bond donors (Lipinski definition) is 2. The molecule has 0 bridgehead atoms. The van der Waals surface area contributed by atoms with Crippen LogP contribution in [0.3, 0.4) is 0 Å². The first-order valence-corrected chi connectivity index (χ1v) is 9.14. The summed E-state index contributed by atoms with van der Waals surface area (Å²) in [6.07, 6.45) is 0. The van der Waals surface area contributed by atoms with Crippen LogP contribution in [0.1, 0.15) is 10.4 Å². The lowest BCUT2D eigenvalue weighted by Crippen LogP contribution is -2.13. The van der Waals surface area contributed by atoms with Gasteiger partial charge in [0.1, 0.15) is 17.2 Å². The Morgan fingerprint density at radius 2 is 1.67 bits per heavy atom.